The van der Waals surface area contributed by atoms with Crippen molar-refractivity contribution in [3.8, 4) is 0 Å². The van der Waals surface area contributed by atoms with Crippen LogP contribution in [-0.4, -0.2) is 122 Å². The number of amides is 1. The van der Waals surface area contributed by atoms with Crippen molar-refractivity contribution in [3.63, 3.8) is 0 Å². The maximum absolute atomic E-state index is 12.8. The molecule has 2 aromatic rings. The van der Waals surface area contributed by atoms with Crippen molar-refractivity contribution in [3.05, 3.63) is 45.9 Å². The fourth-order valence-corrected chi connectivity index (χ4v) is 7.42. The summed E-state index contributed by atoms with van der Waals surface area (Å²) in [5, 5.41) is 40.7. The molecule has 0 saturated carbocycles. The van der Waals surface area contributed by atoms with E-state index in [1.807, 2.05) is 29.6 Å². The van der Waals surface area contributed by atoms with Crippen LogP contribution in [0.3, 0.4) is 0 Å². The molecule has 2 saturated heterocycles. The number of hydrogen-bond donors (Lipinski definition) is 4. The first-order valence-electron chi connectivity index (χ1n) is 12.7. The average molecular weight is 647 g/mol. The van der Waals surface area contributed by atoms with Crippen LogP contribution in [0, 0.1) is 0 Å². The van der Waals surface area contributed by atoms with Gasteiger partial charge in [-0.3, -0.25) is 19.3 Å². The molecule has 14 nitrogen and oxygen atoms in total. The number of carboxylic acid groups (broad SMARTS) is 3. The molecule has 42 heavy (non-hydrogen) atoms. The topological polar surface area (TPSA) is 216 Å². The zero-order valence-electron chi connectivity index (χ0n) is 22.5. The van der Waals surface area contributed by atoms with E-state index in [0.29, 0.717) is 18.0 Å². The predicted molar refractivity (Wildman–Crippen MR) is 150 cm³/mol. The van der Waals surface area contributed by atoms with Gasteiger partial charge in [0.25, 0.3) is 0 Å². The number of rotatable bonds is 10. The molecule has 1 amide bonds. The number of likely N-dealkylation sites (N-methyl/N-ethyl adjacent to an activating group) is 1. The van der Waals surface area contributed by atoms with Crippen LogP contribution in [0.5, 0.6) is 0 Å². The van der Waals surface area contributed by atoms with Crippen LogP contribution in [0.1, 0.15) is 42.4 Å². The van der Waals surface area contributed by atoms with E-state index in [1.165, 1.54) is 11.5 Å². The molecule has 230 valence electrons. The van der Waals surface area contributed by atoms with Gasteiger partial charge >= 0.3 is 17.9 Å². The molecule has 2 aliphatic heterocycles. The van der Waals surface area contributed by atoms with Gasteiger partial charge in [0, 0.05) is 48.4 Å². The van der Waals surface area contributed by atoms with E-state index in [2.05, 4.69) is 14.5 Å². The molecule has 0 bridgehead atoms. The Labute approximate surface area is 250 Å². The maximum atomic E-state index is 12.8. The normalized spacial score (nSPS) is 21.7. The summed E-state index contributed by atoms with van der Waals surface area (Å²) in [6.45, 7) is 1.71. The molecule has 0 spiro atoms. The molecule has 2 aliphatic rings. The Morgan fingerprint density at radius 3 is 2.14 bits per heavy atom. The number of nitrogens with zero attached hydrogens (tertiary/aromatic N) is 4. The summed E-state index contributed by atoms with van der Waals surface area (Å²) in [6.07, 6.45) is -1.77. The third kappa shape index (κ3) is 8.91. The largest absolute Gasteiger partial charge is 0.481 e. The van der Waals surface area contributed by atoms with Crippen molar-refractivity contribution >= 4 is 56.8 Å². The minimum atomic E-state index is -3.02. The lowest BCUT2D eigenvalue weighted by molar-refractivity contribution is -0.170. The second kappa shape index (κ2) is 13.9. The number of hydrogen-bond acceptors (Lipinski definition) is 11. The van der Waals surface area contributed by atoms with Gasteiger partial charge in [-0.1, -0.05) is 28.2 Å². The van der Waals surface area contributed by atoms with E-state index in [0.717, 1.165) is 17.8 Å². The first kappa shape index (κ1) is 33.3. The molecule has 4 N–H and O–H groups in total. The second-order valence-corrected chi connectivity index (χ2v) is 13.6. The van der Waals surface area contributed by atoms with Crippen molar-refractivity contribution in [2.45, 2.75) is 42.7 Å². The highest BCUT2D eigenvalue weighted by Crippen LogP contribution is 2.39. The SMILES string of the molecule is CN(C(=O)CN1C[C@H](c2ccc(Cl)cc2)[C@@H](c2csnn2)C1)C1CCS(=O)(=O)C1.O=C(O)CC(O)(CC(=O)O)C(=O)O. The summed E-state index contributed by atoms with van der Waals surface area (Å²) in [5.74, 6) is -4.48. The Morgan fingerprint density at radius 1 is 1.07 bits per heavy atom. The smallest absolute Gasteiger partial charge is 0.336 e. The average Bonchev–Trinajstić information content (AvgIpc) is 3.63. The van der Waals surface area contributed by atoms with Gasteiger partial charge in [0.05, 0.1) is 36.6 Å². The Balaban J connectivity index is 0.000000316. The zero-order chi connectivity index (χ0) is 31.2. The van der Waals surface area contributed by atoms with E-state index >= 15 is 0 Å². The number of carboxylic acids is 3. The fraction of sp³-hybridized carbons (Fsp3) is 0.520. The zero-order valence-corrected chi connectivity index (χ0v) is 24.9. The van der Waals surface area contributed by atoms with E-state index in [4.69, 9.17) is 32.0 Å². The molecule has 1 aromatic carbocycles. The predicted octanol–water partition coefficient (Wildman–Crippen LogP) is 0.772. The number of carbonyl (C=O) groups excluding carboxylic acids is 1. The van der Waals surface area contributed by atoms with Crippen LogP contribution < -0.4 is 0 Å². The lowest BCUT2D eigenvalue weighted by Crippen LogP contribution is -2.43. The molecule has 4 rings (SSSR count). The van der Waals surface area contributed by atoms with Crippen LogP contribution >= 0.6 is 23.1 Å². The summed E-state index contributed by atoms with van der Waals surface area (Å²) in [5.41, 5.74) is -0.629. The van der Waals surface area contributed by atoms with Crippen molar-refractivity contribution in [2.75, 3.05) is 38.2 Å². The monoisotopic (exact) mass is 646 g/mol. The Bertz CT molecular complexity index is 1370. The van der Waals surface area contributed by atoms with E-state index < -0.39 is 46.2 Å². The molecule has 0 aliphatic carbocycles. The minimum absolute atomic E-state index is 0.0426. The highest BCUT2D eigenvalue weighted by molar-refractivity contribution is 7.91. The highest BCUT2D eigenvalue weighted by atomic mass is 35.5. The fourth-order valence-electron chi connectivity index (χ4n) is 5.00. The van der Waals surface area contributed by atoms with Crippen LogP contribution in [0.25, 0.3) is 0 Å². The first-order valence-corrected chi connectivity index (χ1v) is 15.7. The molecule has 0 radical (unpaired) electrons. The van der Waals surface area contributed by atoms with Crippen molar-refractivity contribution in [2.24, 2.45) is 0 Å². The number of halogens is 1. The molecule has 2 fully saturated rings. The van der Waals surface area contributed by atoms with E-state index in [1.54, 1.807) is 11.9 Å². The second-order valence-electron chi connectivity index (χ2n) is 10.3. The van der Waals surface area contributed by atoms with Gasteiger partial charge in [-0.2, -0.15) is 0 Å². The summed E-state index contributed by atoms with van der Waals surface area (Å²) in [4.78, 5) is 47.1. The maximum Gasteiger partial charge on any atom is 0.336 e. The van der Waals surface area contributed by atoms with Crippen LogP contribution in [0.4, 0.5) is 0 Å². The summed E-state index contributed by atoms with van der Waals surface area (Å²) < 4.78 is 27.5. The van der Waals surface area contributed by atoms with Gasteiger partial charge in [-0.05, 0) is 35.6 Å². The van der Waals surface area contributed by atoms with Crippen molar-refractivity contribution in [1.29, 1.82) is 0 Å². The highest BCUT2D eigenvalue weighted by Gasteiger charge is 2.41. The molecule has 17 heteroatoms. The summed E-state index contributed by atoms with van der Waals surface area (Å²) in [6, 6.07) is 7.60. The number of sulfone groups is 1. The summed E-state index contributed by atoms with van der Waals surface area (Å²) >= 11 is 7.37. The van der Waals surface area contributed by atoms with Gasteiger partial charge in [-0.15, -0.1) is 5.10 Å². The molecule has 3 heterocycles. The number of carbonyl (C=O) groups is 4. The molecule has 3 atom stereocenters. The van der Waals surface area contributed by atoms with Gasteiger partial charge < -0.3 is 25.3 Å². The van der Waals surface area contributed by atoms with Gasteiger partial charge in [0.2, 0.25) is 5.91 Å². The number of aliphatic hydroxyl groups is 1. The van der Waals surface area contributed by atoms with Gasteiger partial charge in [-0.25, -0.2) is 13.2 Å². The minimum Gasteiger partial charge on any atom is -0.481 e. The van der Waals surface area contributed by atoms with Crippen LogP contribution in [0.2, 0.25) is 5.02 Å². The molecular weight excluding hydrogens is 616 g/mol. The Hall–Kier alpha value is -3.18. The quantitative estimate of drug-likeness (QED) is 0.281. The van der Waals surface area contributed by atoms with Crippen molar-refractivity contribution in [1.82, 2.24) is 19.4 Å². The van der Waals surface area contributed by atoms with Gasteiger partial charge in [0.1, 0.15) is 0 Å². The molecule has 1 unspecified atom stereocenters. The Morgan fingerprint density at radius 2 is 1.67 bits per heavy atom. The standard InChI is InChI=1S/C19H23ClN4O3S2.C6H8O7/c1-23(15-6-7-29(26,27)12-15)19(25)10-24-8-16(13-2-4-14(20)5-3-13)17(9-24)18-11-28-22-21-18;7-3(8)1-6(13,5(11)12)2-4(9)10/h2-5,11,15-17H,6-10,12H2,1H3;13H,1-2H2,(H,7,8)(H,9,10)(H,11,12)/t15?,16-,17+;/m1./s1. The lowest BCUT2D eigenvalue weighted by atomic mass is 9.87. The number of benzene rings is 1. The number of likely N-dealkylation sites (tertiary alicyclic amines) is 1. The summed E-state index contributed by atoms with van der Waals surface area (Å²) in [7, 11) is -1.31. The van der Waals surface area contributed by atoms with Crippen LogP contribution in [-0.2, 0) is 29.0 Å². The number of aliphatic carboxylic acids is 3. The third-order valence-corrected chi connectivity index (χ3v) is 9.77. The lowest BCUT2D eigenvalue weighted by Gasteiger charge is -2.26. The third-order valence-electron chi connectivity index (χ3n) is 7.24. The van der Waals surface area contributed by atoms with Crippen LogP contribution in [0.15, 0.2) is 29.6 Å². The van der Waals surface area contributed by atoms with E-state index in [9.17, 15) is 27.6 Å². The molecular formula is C25H31ClN4O10S2. The van der Waals surface area contributed by atoms with Crippen molar-refractivity contribution < 1.29 is 48.0 Å². The molecule has 1 aromatic heterocycles. The first-order chi connectivity index (χ1) is 19.6. The number of aromatic nitrogens is 2. The van der Waals surface area contributed by atoms with Gasteiger partial charge in [0.15, 0.2) is 15.4 Å². The van der Waals surface area contributed by atoms with E-state index in [-0.39, 0.29) is 41.8 Å². The Kier molecular flexibility index (Phi) is 11.0.